The SMILES string of the molecule is CC(N)(C#N)CN1CCC(N2CCCCC2)CC1. The van der Waals surface area contributed by atoms with Crippen LogP contribution in [0.2, 0.25) is 0 Å². The largest absolute Gasteiger partial charge is 0.313 e. The van der Waals surface area contributed by atoms with Crippen LogP contribution in [0.3, 0.4) is 0 Å². The summed E-state index contributed by atoms with van der Waals surface area (Å²) in [6.45, 7) is 7.29. The normalized spacial score (nSPS) is 27.6. The van der Waals surface area contributed by atoms with Gasteiger partial charge in [0.25, 0.3) is 0 Å². The number of nitriles is 1. The number of likely N-dealkylation sites (tertiary alicyclic amines) is 2. The molecule has 4 nitrogen and oxygen atoms in total. The Morgan fingerprint density at radius 1 is 1.17 bits per heavy atom. The lowest BCUT2D eigenvalue weighted by molar-refractivity contribution is 0.0872. The van der Waals surface area contributed by atoms with E-state index in [9.17, 15) is 0 Å². The molecule has 2 aliphatic heterocycles. The quantitative estimate of drug-likeness (QED) is 0.817. The molecule has 102 valence electrons. The molecule has 0 amide bonds. The zero-order valence-corrected chi connectivity index (χ0v) is 11.6. The van der Waals surface area contributed by atoms with Gasteiger partial charge in [0.15, 0.2) is 0 Å². The first-order valence-electron chi connectivity index (χ1n) is 7.27. The highest BCUT2D eigenvalue weighted by Gasteiger charge is 2.28. The Morgan fingerprint density at radius 3 is 2.33 bits per heavy atom. The topological polar surface area (TPSA) is 56.3 Å². The van der Waals surface area contributed by atoms with Crippen LogP contribution in [0.1, 0.15) is 39.0 Å². The van der Waals surface area contributed by atoms with Gasteiger partial charge < -0.3 is 15.5 Å². The van der Waals surface area contributed by atoms with Gasteiger partial charge in [-0.3, -0.25) is 0 Å². The van der Waals surface area contributed by atoms with Crippen LogP contribution in [0, 0.1) is 11.3 Å². The third kappa shape index (κ3) is 3.68. The van der Waals surface area contributed by atoms with E-state index in [1.54, 1.807) is 0 Å². The number of hydrogen-bond acceptors (Lipinski definition) is 4. The van der Waals surface area contributed by atoms with Crippen LogP contribution in [-0.2, 0) is 0 Å². The second-order valence-electron chi connectivity index (χ2n) is 6.13. The van der Waals surface area contributed by atoms with E-state index in [1.165, 1.54) is 45.2 Å². The summed E-state index contributed by atoms with van der Waals surface area (Å²) in [6, 6.07) is 2.96. The van der Waals surface area contributed by atoms with Crippen molar-refractivity contribution in [2.75, 3.05) is 32.7 Å². The lowest BCUT2D eigenvalue weighted by Crippen LogP contribution is -2.52. The number of piperidine rings is 2. The van der Waals surface area contributed by atoms with E-state index in [4.69, 9.17) is 11.0 Å². The van der Waals surface area contributed by atoms with E-state index in [0.29, 0.717) is 6.54 Å². The van der Waals surface area contributed by atoms with E-state index in [1.807, 2.05) is 6.92 Å². The van der Waals surface area contributed by atoms with Gasteiger partial charge in [0.1, 0.15) is 5.54 Å². The molecule has 18 heavy (non-hydrogen) atoms. The second kappa shape index (κ2) is 6.01. The molecule has 0 aliphatic carbocycles. The van der Waals surface area contributed by atoms with Crippen molar-refractivity contribution in [2.24, 2.45) is 5.73 Å². The molecule has 1 unspecified atom stereocenters. The van der Waals surface area contributed by atoms with E-state index >= 15 is 0 Å². The molecule has 0 saturated carbocycles. The Morgan fingerprint density at radius 2 is 1.78 bits per heavy atom. The summed E-state index contributed by atoms with van der Waals surface area (Å²) >= 11 is 0. The molecule has 2 fully saturated rings. The Balaban J connectivity index is 1.76. The molecule has 0 bridgehead atoms. The van der Waals surface area contributed by atoms with E-state index in [0.717, 1.165) is 19.1 Å². The number of nitrogens with two attached hydrogens (primary N) is 1. The fourth-order valence-electron chi connectivity index (χ4n) is 3.23. The third-order valence-corrected chi connectivity index (χ3v) is 4.27. The molecule has 0 aromatic rings. The van der Waals surface area contributed by atoms with Gasteiger partial charge in [-0.25, -0.2) is 0 Å². The van der Waals surface area contributed by atoms with Crippen molar-refractivity contribution < 1.29 is 0 Å². The van der Waals surface area contributed by atoms with Crippen molar-refractivity contribution in [3.05, 3.63) is 0 Å². The van der Waals surface area contributed by atoms with Gasteiger partial charge in [-0.15, -0.1) is 0 Å². The maximum absolute atomic E-state index is 8.97. The summed E-state index contributed by atoms with van der Waals surface area (Å²) in [5, 5.41) is 8.97. The van der Waals surface area contributed by atoms with Crippen LogP contribution in [-0.4, -0.2) is 54.1 Å². The second-order valence-corrected chi connectivity index (χ2v) is 6.13. The lowest BCUT2D eigenvalue weighted by atomic mass is 9.98. The minimum absolute atomic E-state index is 0.696. The third-order valence-electron chi connectivity index (χ3n) is 4.27. The highest BCUT2D eigenvalue weighted by molar-refractivity contribution is 5.03. The Labute approximate surface area is 111 Å². The number of nitrogens with zero attached hydrogens (tertiary/aromatic N) is 3. The Kier molecular flexibility index (Phi) is 4.60. The fraction of sp³-hybridized carbons (Fsp3) is 0.929. The predicted octanol–water partition coefficient (Wildman–Crippen LogP) is 1.18. The smallest absolute Gasteiger partial charge is 0.114 e. The summed E-state index contributed by atoms with van der Waals surface area (Å²) in [5.41, 5.74) is 5.21. The lowest BCUT2D eigenvalue weighted by Gasteiger charge is -2.41. The average molecular weight is 250 g/mol. The molecule has 0 aromatic carbocycles. The van der Waals surface area contributed by atoms with Crippen molar-refractivity contribution in [3.63, 3.8) is 0 Å². The zero-order valence-electron chi connectivity index (χ0n) is 11.6. The first kappa shape index (κ1) is 13.8. The molecule has 4 heteroatoms. The minimum atomic E-state index is -0.696. The standard InChI is InChI=1S/C14H26N4/c1-14(16,11-15)12-17-9-5-13(6-10-17)18-7-3-2-4-8-18/h13H,2-10,12,16H2,1H3. The Bertz CT molecular complexity index is 293. The van der Waals surface area contributed by atoms with Crippen LogP contribution in [0.15, 0.2) is 0 Å². The van der Waals surface area contributed by atoms with Crippen molar-refractivity contribution in [2.45, 2.75) is 50.6 Å². The number of rotatable bonds is 3. The molecule has 2 heterocycles. The highest BCUT2D eigenvalue weighted by Crippen LogP contribution is 2.21. The maximum atomic E-state index is 8.97. The van der Waals surface area contributed by atoms with Gasteiger partial charge in [0, 0.05) is 12.6 Å². The molecular weight excluding hydrogens is 224 g/mol. The molecule has 2 rings (SSSR count). The van der Waals surface area contributed by atoms with E-state index < -0.39 is 5.54 Å². The van der Waals surface area contributed by atoms with Gasteiger partial charge in [-0.1, -0.05) is 6.42 Å². The first-order chi connectivity index (χ1) is 8.61. The van der Waals surface area contributed by atoms with Crippen molar-refractivity contribution in [1.82, 2.24) is 9.80 Å². The van der Waals surface area contributed by atoms with Crippen molar-refractivity contribution in [1.29, 1.82) is 5.26 Å². The summed E-state index contributed by atoms with van der Waals surface area (Å²) in [4.78, 5) is 5.02. The monoisotopic (exact) mass is 250 g/mol. The summed E-state index contributed by atoms with van der Waals surface area (Å²) in [5.74, 6) is 0. The molecule has 0 spiro atoms. The molecule has 1 atom stereocenters. The summed E-state index contributed by atoms with van der Waals surface area (Å²) in [7, 11) is 0. The van der Waals surface area contributed by atoms with Crippen LogP contribution in [0.5, 0.6) is 0 Å². The van der Waals surface area contributed by atoms with Crippen LogP contribution in [0.25, 0.3) is 0 Å². The van der Waals surface area contributed by atoms with Crippen molar-refractivity contribution >= 4 is 0 Å². The summed E-state index contributed by atoms with van der Waals surface area (Å²) in [6.07, 6.45) is 6.62. The minimum Gasteiger partial charge on any atom is -0.313 e. The van der Waals surface area contributed by atoms with Gasteiger partial charge >= 0.3 is 0 Å². The molecule has 2 aliphatic rings. The first-order valence-corrected chi connectivity index (χ1v) is 7.27. The fourth-order valence-corrected chi connectivity index (χ4v) is 3.23. The highest BCUT2D eigenvalue weighted by atomic mass is 15.2. The van der Waals surface area contributed by atoms with Crippen LogP contribution >= 0.6 is 0 Å². The molecule has 2 saturated heterocycles. The predicted molar refractivity (Wildman–Crippen MR) is 73.1 cm³/mol. The Hall–Kier alpha value is -0.630. The molecule has 0 aromatic heterocycles. The van der Waals surface area contributed by atoms with Gasteiger partial charge in [0.05, 0.1) is 6.07 Å². The van der Waals surface area contributed by atoms with Gasteiger partial charge in [-0.2, -0.15) is 5.26 Å². The molecular formula is C14H26N4. The van der Waals surface area contributed by atoms with E-state index in [2.05, 4.69) is 15.9 Å². The maximum Gasteiger partial charge on any atom is 0.114 e. The summed E-state index contributed by atoms with van der Waals surface area (Å²) < 4.78 is 0. The molecule has 0 radical (unpaired) electrons. The average Bonchev–Trinajstić information content (AvgIpc) is 2.40. The van der Waals surface area contributed by atoms with E-state index in [-0.39, 0.29) is 0 Å². The van der Waals surface area contributed by atoms with Gasteiger partial charge in [0.2, 0.25) is 0 Å². The zero-order chi connectivity index (χ0) is 13.0. The molecule has 2 N–H and O–H groups in total. The number of hydrogen-bond donors (Lipinski definition) is 1. The van der Waals surface area contributed by atoms with Crippen LogP contribution in [0.4, 0.5) is 0 Å². The van der Waals surface area contributed by atoms with Crippen molar-refractivity contribution in [3.8, 4) is 6.07 Å². The van der Waals surface area contributed by atoms with Gasteiger partial charge in [-0.05, 0) is 58.8 Å². The van der Waals surface area contributed by atoms with Crippen LogP contribution < -0.4 is 5.73 Å².